The van der Waals surface area contributed by atoms with Crippen LogP contribution in [0.25, 0.3) is 0 Å². The molecule has 8 heteroatoms. The van der Waals surface area contributed by atoms with E-state index in [0.29, 0.717) is 38.8 Å². The first-order chi connectivity index (χ1) is 15.5. The van der Waals surface area contributed by atoms with Crippen molar-refractivity contribution < 1.29 is 23.9 Å². The topological polar surface area (TPSA) is 96.0 Å². The van der Waals surface area contributed by atoms with Crippen molar-refractivity contribution in [3.05, 3.63) is 35.9 Å². The van der Waals surface area contributed by atoms with Gasteiger partial charge in [-0.05, 0) is 51.0 Å². The van der Waals surface area contributed by atoms with Gasteiger partial charge >= 0.3 is 5.97 Å². The lowest BCUT2D eigenvalue weighted by Crippen LogP contribution is -2.52. The van der Waals surface area contributed by atoms with E-state index in [-0.39, 0.29) is 36.8 Å². The van der Waals surface area contributed by atoms with Gasteiger partial charge in [0, 0.05) is 19.5 Å². The number of carbonyl (C=O) groups is 4. The second-order valence-corrected chi connectivity index (χ2v) is 8.30. The zero-order valence-corrected chi connectivity index (χ0v) is 18.8. The second kappa shape index (κ2) is 11.6. The van der Waals surface area contributed by atoms with Gasteiger partial charge in [0.15, 0.2) is 0 Å². The van der Waals surface area contributed by atoms with Crippen molar-refractivity contribution in [2.24, 2.45) is 0 Å². The standard InChI is InChI=1S/C24H33N3O5/c1-2-32-24(31)20-13-8-16-27(20)23(30)19-12-7-15-26(19)22(29)17-25-21(28)14-6-11-18-9-4-3-5-10-18/h3-5,9-10,19-20H,2,6-8,11-17H2,1H3,(H,25,28). The van der Waals surface area contributed by atoms with Gasteiger partial charge in [0.2, 0.25) is 17.7 Å². The average Bonchev–Trinajstić information content (AvgIpc) is 3.48. The fourth-order valence-electron chi connectivity index (χ4n) is 4.49. The van der Waals surface area contributed by atoms with E-state index >= 15 is 0 Å². The van der Waals surface area contributed by atoms with Gasteiger partial charge in [-0.15, -0.1) is 0 Å². The zero-order chi connectivity index (χ0) is 22.9. The van der Waals surface area contributed by atoms with E-state index in [1.807, 2.05) is 30.3 Å². The molecule has 0 aromatic heterocycles. The van der Waals surface area contributed by atoms with E-state index in [2.05, 4.69) is 5.32 Å². The molecule has 0 aliphatic carbocycles. The van der Waals surface area contributed by atoms with Crippen molar-refractivity contribution in [3.8, 4) is 0 Å². The van der Waals surface area contributed by atoms with Gasteiger partial charge in [0.25, 0.3) is 0 Å². The predicted molar refractivity (Wildman–Crippen MR) is 118 cm³/mol. The molecule has 2 aliphatic heterocycles. The highest BCUT2D eigenvalue weighted by atomic mass is 16.5. The van der Waals surface area contributed by atoms with Crippen LogP contribution >= 0.6 is 0 Å². The summed E-state index contributed by atoms with van der Waals surface area (Å²) in [6.07, 6.45) is 4.49. The Morgan fingerprint density at radius 1 is 1.00 bits per heavy atom. The molecule has 2 aliphatic rings. The Balaban J connectivity index is 1.46. The summed E-state index contributed by atoms with van der Waals surface area (Å²) in [4.78, 5) is 53.3. The Bertz CT molecular complexity index is 813. The molecule has 2 unspecified atom stereocenters. The Morgan fingerprint density at radius 3 is 2.41 bits per heavy atom. The molecule has 32 heavy (non-hydrogen) atoms. The molecule has 2 saturated heterocycles. The first-order valence-corrected chi connectivity index (χ1v) is 11.6. The molecule has 0 bridgehead atoms. The van der Waals surface area contributed by atoms with Gasteiger partial charge in [0.05, 0.1) is 13.2 Å². The van der Waals surface area contributed by atoms with Gasteiger partial charge in [0.1, 0.15) is 12.1 Å². The largest absolute Gasteiger partial charge is 0.464 e. The van der Waals surface area contributed by atoms with Crippen molar-refractivity contribution >= 4 is 23.7 Å². The number of aryl methyl sites for hydroxylation is 1. The number of likely N-dealkylation sites (tertiary alicyclic amines) is 2. The molecule has 2 heterocycles. The fraction of sp³-hybridized carbons (Fsp3) is 0.583. The van der Waals surface area contributed by atoms with Crippen LogP contribution < -0.4 is 5.32 Å². The maximum Gasteiger partial charge on any atom is 0.328 e. The van der Waals surface area contributed by atoms with Gasteiger partial charge < -0.3 is 19.9 Å². The number of nitrogens with zero attached hydrogens (tertiary/aromatic N) is 2. The summed E-state index contributed by atoms with van der Waals surface area (Å²) in [6.45, 7) is 2.88. The normalized spacial score (nSPS) is 20.3. The summed E-state index contributed by atoms with van der Waals surface area (Å²) in [5.41, 5.74) is 1.18. The number of amides is 3. The highest BCUT2D eigenvalue weighted by molar-refractivity contribution is 5.93. The lowest BCUT2D eigenvalue weighted by molar-refractivity contribution is -0.155. The van der Waals surface area contributed by atoms with Gasteiger partial charge in [-0.3, -0.25) is 14.4 Å². The first kappa shape index (κ1) is 23.8. The van der Waals surface area contributed by atoms with Crippen LogP contribution in [-0.4, -0.2) is 71.8 Å². The molecule has 1 aromatic carbocycles. The molecular formula is C24H33N3O5. The summed E-state index contributed by atoms with van der Waals surface area (Å²) in [5.74, 6) is -1.00. The molecule has 1 aromatic rings. The Hall–Kier alpha value is -2.90. The minimum absolute atomic E-state index is 0.116. The van der Waals surface area contributed by atoms with Crippen LogP contribution in [0.5, 0.6) is 0 Å². The number of hydrogen-bond acceptors (Lipinski definition) is 5. The molecule has 2 fully saturated rings. The molecule has 1 N–H and O–H groups in total. The van der Waals surface area contributed by atoms with Gasteiger partial charge in [-0.2, -0.15) is 0 Å². The summed E-state index contributed by atoms with van der Waals surface area (Å²) in [6, 6.07) is 8.81. The second-order valence-electron chi connectivity index (χ2n) is 8.30. The fourth-order valence-corrected chi connectivity index (χ4v) is 4.49. The van der Waals surface area contributed by atoms with Gasteiger partial charge in [-0.25, -0.2) is 4.79 Å². The number of esters is 1. The number of nitrogens with one attached hydrogen (secondary N) is 1. The quantitative estimate of drug-likeness (QED) is 0.586. The number of hydrogen-bond donors (Lipinski definition) is 1. The molecular weight excluding hydrogens is 410 g/mol. The average molecular weight is 444 g/mol. The number of carbonyl (C=O) groups excluding carboxylic acids is 4. The van der Waals surface area contributed by atoms with Crippen molar-refractivity contribution in [3.63, 3.8) is 0 Å². The number of ether oxygens (including phenoxy) is 1. The maximum atomic E-state index is 13.1. The van der Waals surface area contributed by atoms with Crippen molar-refractivity contribution in [2.75, 3.05) is 26.2 Å². The predicted octanol–water partition coefficient (Wildman–Crippen LogP) is 1.67. The minimum Gasteiger partial charge on any atom is -0.464 e. The van der Waals surface area contributed by atoms with Crippen molar-refractivity contribution in [1.29, 1.82) is 0 Å². The molecule has 3 rings (SSSR count). The summed E-state index contributed by atoms with van der Waals surface area (Å²) < 4.78 is 5.11. The van der Waals surface area contributed by atoms with E-state index < -0.39 is 12.1 Å². The van der Waals surface area contributed by atoms with Crippen molar-refractivity contribution in [1.82, 2.24) is 15.1 Å². The SMILES string of the molecule is CCOC(=O)C1CCCN1C(=O)C1CCCN1C(=O)CNC(=O)CCCc1ccccc1. The Labute approximate surface area is 189 Å². The molecule has 3 amide bonds. The van der Waals surface area contributed by atoms with Crippen LogP contribution in [0.1, 0.15) is 51.0 Å². The van der Waals surface area contributed by atoms with Crippen LogP contribution in [-0.2, 0) is 30.3 Å². The summed E-state index contributed by atoms with van der Waals surface area (Å²) >= 11 is 0. The van der Waals surface area contributed by atoms with Crippen LogP contribution in [0.2, 0.25) is 0 Å². The highest BCUT2D eigenvalue weighted by Gasteiger charge is 2.42. The molecule has 0 radical (unpaired) electrons. The maximum absolute atomic E-state index is 13.1. The molecule has 8 nitrogen and oxygen atoms in total. The van der Waals surface area contributed by atoms with E-state index in [0.717, 1.165) is 19.3 Å². The molecule has 0 saturated carbocycles. The van der Waals surface area contributed by atoms with Gasteiger partial charge in [-0.1, -0.05) is 30.3 Å². The third kappa shape index (κ3) is 6.08. The summed E-state index contributed by atoms with van der Waals surface area (Å²) in [7, 11) is 0. The van der Waals surface area contributed by atoms with E-state index in [1.54, 1.807) is 16.7 Å². The Morgan fingerprint density at radius 2 is 1.69 bits per heavy atom. The number of rotatable bonds is 9. The van der Waals surface area contributed by atoms with Crippen LogP contribution in [0.3, 0.4) is 0 Å². The first-order valence-electron chi connectivity index (χ1n) is 11.6. The number of benzene rings is 1. The zero-order valence-electron chi connectivity index (χ0n) is 18.8. The lowest BCUT2D eigenvalue weighted by atomic mass is 10.1. The minimum atomic E-state index is -0.576. The van der Waals surface area contributed by atoms with E-state index in [4.69, 9.17) is 4.74 Å². The van der Waals surface area contributed by atoms with Crippen LogP contribution in [0.4, 0.5) is 0 Å². The van der Waals surface area contributed by atoms with Crippen molar-refractivity contribution in [2.45, 2.75) is 64.0 Å². The van der Waals surface area contributed by atoms with E-state index in [9.17, 15) is 19.2 Å². The van der Waals surface area contributed by atoms with Crippen LogP contribution in [0, 0.1) is 0 Å². The monoisotopic (exact) mass is 443 g/mol. The Kier molecular flexibility index (Phi) is 8.64. The third-order valence-electron chi connectivity index (χ3n) is 6.10. The molecule has 2 atom stereocenters. The lowest BCUT2D eigenvalue weighted by Gasteiger charge is -2.30. The molecule has 0 spiro atoms. The third-order valence-corrected chi connectivity index (χ3v) is 6.10. The highest BCUT2D eigenvalue weighted by Crippen LogP contribution is 2.25. The van der Waals surface area contributed by atoms with E-state index in [1.165, 1.54) is 5.56 Å². The van der Waals surface area contributed by atoms with Crippen LogP contribution in [0.15, 0.2) is 30.3 Å². The smallest absolute Gasteiger partial charge is 0.328 e. The summed E-state index contributed by atoms with van der Waals surface area (Å²) in [5, 5.41) is 2.69. The molecule has 174 valence electrons.